The summed E-state index contributed by atoms with van der Waals surface area (Å²) in [5.41, 5.74) is 2.39. The molecule has 0 aromatic heterocycles. The first-order chi connectivity index (χ1) is 10.2. The average Bonchev–Trinajstić information content (AvgIpc) is 2.99. The zero-order chi connectivity index (χ0) is 14.9. The van der Waals surface area contributed by atoms with Gasteiger partial charge in [0.15, 0.2) is 0 Å². The molecule has 2 aliphatic rings. The fraction of sp³-hybridized carbons (Fsp3) is 0.667. The van der Waals surface area contributed by atoms with E-state index in [1.54, 1.807) is 0 Å². The Bertz CT molecular complexity index is 480. The van der Waals surface area contributed by atoms with Crippen molar-refractivity contribution in [1.82, 2.24) is 0 Å². The van der Waals surface area contributed by atoms with Gasteiger partial charge in [-0.05, 0) is 39.2 Å². The zero-order valence-electron chi connectivity index (χ0n) is 13.1. The standard InChI is InChI=1S/C18H27NO2/c1-3-21-17-12-16(18(17)10-6-7-11-18)19-15-9-5-4-8-14(15)13(2)20/h4-5,8-9,13,16-17,19-20H,3,6-7,10-12H2,1-2H3. The van der Waals surface area contributed by atoms with Crippen molar-refractivity contribution in [2.75, 3.05) is 11.9 Å². The molecule has 1 spiro atoms. The molecular formula is C18H27NO2. The second-order valence-corrected chi connectivity index (χ2v) is 6.58. The number of anilines is 1. The number of para-hydroxylation sites is 1. The van der Waals surface area contributed by atoms with Crippen molar-refractivity contribution in [3.8, 4) is 0 Å². The van der Waals surface area contributed by atoms with Gasteiger partial charge in [0.2, 0.25) is 0 Å². The van der Waals surface area contributed by atoms with Crippen LogP contribution in [0, 0.1) is 5.41 Å². The van der Waals surface area contributed by atoms with E-state index < -0.39 is 6.10 Å². The average molecular weight is 289 g/mol. The Kier molecular flexibility index (Phi) is 4.23. The summed E-state index contributed by atoms with van der Waals surface area (Å²) in [5, 5.41) is 13.6. The fourth-order valence-electron chi connectivity index (χ4n) is 4.27. The number of hydrogen-bond acceptors (Lipinski definition) is 3. The quantitative estimate of drug-likeness (QED) is 0.864. The monoisotopic (exact) mass is 289 g/mol. The van der Waals surface area contributed by atoms with Crippen LogP contribution in [-0.2, 0) is 4.74 Å². The zero-order valence-corrected chi connectivity index (χ0v) is 13.1. The number of hydrogen-bond donors (Lipinski definition) is 2. The largest absolute Gasteiger partial charge is 0.389 e. The van der Waals surface area contributed by atoms with Gasteiger partial charge in [-0.25, -0.2) is 0 Å². The maximum Gasteiger partial charge on any atom is 0.0781 e. The number of rotatable bonds is 5. The maximum absolute atomic E-state index is 9.94. The van der Waals surface area contributed by atoms with Gasteiger partial charge in [0.25, 0.3) is 0 Å². The summed E-state index contributed by atoms with van der Waals surface area (Å²) >= 11 is 0. The Morgan fingerprint density at radius 2 is 2.05 bits per heavy atom. The van der Waals surface area contributed by atoms with Gasteiger partial charge in [-0.1, -0.05) is 31.0 Å². The van der Waals surface area contributed by atoms with Crippen LogP contribution in [0.25, 0.3) is 0 Å². The highest BCUT2D eigenvalue weighted by Gasteiger charge is 2.56. The second-order valence-electron chi connectivity index (χ2n) is 6.58. The Balaban J connectivity index is 1.77. The van der Waals surface area contributed by atoms with Gasteiger partial charge in [-0.2, -0.15) is 0 Å². The maximum atomic E-state index is 9.94. The van der Waals surface area contributed by atoms with E-state index in [1.807, 2.05) is 25.1 Å². The van der Waals surface area contributed by atoms with E-state index in [1.165, 1.54) is 25.7 Å². The van der Waals surface area contributed by atoms with Gasteiger partial charge in [0.1, 0.15) is 0 Å². The Morgan fingerprint density at radius 3 is 2.71 bits per heavy atom. The summed E-state index contributed by atoms with van der Waals surface area (Å²) in [6.07, 6.45) is 6.25. The molecule has 0 saturated heterocycles. The topological polar surface area (TPSA) is 41.5 Å². The lowest BCUT2D eigenvalue weighted by molar-refractivity contribution is -0.114. The highest BCUT2D eigenvalue weighted by Crippen LogP contribution is 2.55. The molecule has 2 N–H and O–H groups in total. The summed E-state index contributed by atoms with van der Waals surface area (Å²) in [6, 6.07) is 8.60. The van der Waals surface area contributed by atoms with E-state index in [2.05, 4.69) is 18.3 Å². The summed E-state index contributed by atoms with van der Waals surface area (Å²) in [6.45, 7) is 4.73. The number of aliphatic hydroxyl groups is 1. The Morgan fingerprint density at radius 1 is 1.33 bits per heavy atom. The lowest BCUT2D eigenvalue weighted by Crippen LogP contribution is -2.60. The molecule has 21 heavy (non-hydrogen) atoms. The first-order valence-electron chi connectivity index (χ1n) is 8.32. The lowest BCUT2D eigenvalue weighted by atomic mass is 9.60. The number of nitrogens with one attached hydrogen (secondary N) is 1. The van der Waals surface area contributed by atoms with Crippen molar-refractivity contribution >= 4 is 5.69 Å². The number of aliphatic hydroxyl groups excluding tert-OH is 1. The molecule has 3 atom stereocenters. The second kappa shape index (κ2) is 5.98. The summed E-state index contributed by atoms with van der Waals surface area (Å²) in [4.78, 5) is 0. The van der Waals surface area contributed by atoms with Crippen LogP contribution < -0.4 is 5.32 Å². The van der Waals surface area contributed by atoms with Gasteiger partial charge >= 0.3 is 0 Å². The van der Waals surface area contributed by atoms with Gasteiger partial charge in [-0.15, -0.1) is 0 Å². The molecule has 116 valence electrons. The van der Waals surface area contributed by atoms with Gasteiger partial charge in [0, 0.05) is 29.3 Å². The summed E-state index contributed by atoms with van der Waals surface area (Å²) in [5.74, 6) is 0. The van der Waals surface area contributed by atoms with Crippen molar-refractivity contribution < 1.29 is 9.84 Å². The van der Waals surface area contributed by atoms with Gasteiger partial charge < -0.3 is 15.2 Å². The van der Waals surface area contributed by atoms with Crippen LogP contribution in [0.15, 0.2) is 24.3 Å². The predicted molar refractivity (Wildman–Crippen MR) is 85.4 cm³/mol. The van der Waals surface area contributed by atoms with Gasteiger partial charge in [-0.3, -0.25) is 0 Å². The molecule has 1 aromatic rings. The number of ether oxygens (including phenoxy) is 1. The molecule has 3 unspecified atom stereocenters. The molecule has 2 aliphatic carbocycles. The van der Waals surface area contributed by atoms with E-state index in [0.29, 0.717) is 17.6 Å². The molecule has 3 heteroatoms. The van der Waals surface area contributed by atoms with Crippen molar-refractivity contribution in [3.63, 3.8) is 0 Å². The molecule has 3 rings (SSSR count). The van der Waals surface area contributed by atoms with Crippen molar-refractivity contribution in [3.05, 3.63) is 29.8 Å². The molecule has 0 amide bonds. The minimum atomic E-state index is -0.434. The third kappa shape index (κ3) is 2.58. The van der Waals surface area contributed by atoms with E-state index >= 15 is 0 Å². The molecular weight excluding hydrogens is 262 g/mol. The molecule has 1 aromatic carbocycles. The molecule has 2 saturated carbocycles. The highest BCUT2D eigenvalue weighted by molar-refractivity contribution is 5.53. The Labute approximate surface area is 127 Å². The summed E-state index contributed by atoms with van der Waals surface area (Å²) in [7, 11) is 0. The third-order valence-corrected chi connectivity index (χ3v) is 5.43. The van der Waals surface area contributed by atoms with Crippen LogP contribution >= 0.6 is 0 Å². The smallest absolute Gasteiger partial charge is 0.0781 e. The first-order valence-corrected chi connectivity index (χ1v) is 8.32. The van der Waals surface area contributed by atoms with Crippen LogP contribution in [0.3, 0.4) is 0 Å². The molecule has 3 nitrogen and oxygen atoms in total. The van der Waals surface area contributed by atoms with Crippen molar-refractivity contribution in [2.45, 2.75) is 64.2 Å². The van der Waals surface area contributed by atoms with E-state index in [-0.39, 0.29) is 0 Å². The molecule has 0 radical (unpaired) electrons. The van der Waals surface area contributed by atoms with E-state index in [9.17, 15) is 5.11 Å². The minimum absolute atomic E-state index is 0.321. The fourth-order valence-corrected chi connectivity index (χ4v) is 4.27. The van der Waals surface area contributed by atoms with Crippen LogP contribution in [-0.4, -0.2) is 23.9 Å². The van der Waals surface area contributed by atoms with Crippen LogP contribution in [0.4, 0.5) is 5.69 Å². The summed E-state index contributed by atoms with van der Waals surface area (Å²) < 4.78 is 5.97. The predicted octanol–water partition coefficient (Wildman–Crippen LogP) is 3.89. The SMILES string of the molecule is CCOC1CC(Nc2ccccc2C(C)O)C12CCCC2. The third-order valence-electron chi connectivity index (χ3n) is 5.43. The van der Waals surface area contributed by atoms with Gasteiger partial charge in [0.05, 0.1) is 12.2 Å². The number of benzene rings is 1. The normalized spacial score (nSPS) is 28.3. The van der Waals surface area contributed by atoms with E-state index in [4.69, 9.17) is 4.74 Å². The minimum Gasteiger partial charge on any atom is -0.389 e. The lowest BCUT2D eigenvalue weighted by Gasteiger charge is -2.54. The molecule has 0 aliphatic heterocycles. The first kappa shape index (κ1) is 14.9. The van der Waals surface area contributed by atoms with Crippen molar-refractivity contribution in [1.29, 1.82) is 0 Å². The van der Waals surface area contributed by atoms with Crippen LogP contribution in [0.1, 0.15) is 57.6 Å². The van der Waals surface area contributed by atoms with Crippen LogP contribution in [0.2, 0.25) is 0 Å². The van der Waals surface area contributed by atoms with Crippen LogP contribution in [0.5, 0.6) is 0 Å². The Hall–Kier alpha value is -1.06. The van der Waals surface area contributed by atoms with E-state index in [0.717, 1.165) is 24.3 Å². The molecule has 2 fully saturated rings. The highest BCUT2D eigenvalue weighted by atomic mass is 16.5. The van der Waals surface area contributed by atoms with Crippen molar-refractivity contribution in [2.24, 2.45) is 5.41 Å². The molecule has 0 heterocycles. The molecule has 0 bridgehead atoms.